The summed E-state index contributed by atoms with van der Waals surface area (Å²) in [7, 11) is 1.65. The van der Waals surface area contributed by atoms with Crippen LogP contribution in [0.15, 0.2) is 53.0 Å². The number of hydrogen-bond acceptors (Lipinski definition) is 3. The first-order valence-electron chi connectivity index (χ1n) is 6.46. The van der Waals surface area contributed by atoms with E-state index in [9.17, 15) is 5.11 Å². The molecule has 0 bridgehead atoms. The Hall–Kier alpha value is -1.36. The van der Waals surface area contributed by atoms with Gasteiger partial charge < -0.3 is 15.2 Å². The molecular formula is C16H18BrNO2. The molecule has 0 aromatic heterocycles. The minimum Gasteiger partial charge on any atom is -0.497 e. The molecule has 20 heavy (non-hydrogen) atoms. The van der Waals surface area contributed by atoms with Crippen molar-refractivity contribution in [3.05, 3.63) is 64.1 Å². The van der Waals surface area contributed by atoms with Crippen molar-refractivity contribution < 1.29 is 9.84 Å². The Labute approximate surface area is 127 Å². The van der Waals surface area contributed by atoms with Gasteiger partial charge in [-0.1, -0.05) is 46.3 Å². The number of nitrogens with one attached hydrogen (secondary N) is 1. The highest BCUT2D eigenvalue weighted by Crippen LogP contribution is 2.23. The molecule has 0 aliphatic rings. The van der Waals surface area contributed by atoms with Crippen molar-refractivity contribution >= 4 is 15.9 Å². The average Bonchev–Trinajstić information content (AvgIpc) is 2.50. The van der Waals surface area contributed by atoms with E-state index in [4.69, 9.17) is 4.74 Å². The molecule has 2 N–H and O–H groups in total. The lowest BCUT2D eigenvalue weighted by molar-refractivity contribution is 0.243. The second kappa shape index (κ2) is 7.43. The first-order chi connectivity index (χ1) is 9.74. The molecule has 0 saturated heterocycles. The van der Waals surface area contributed by atoms with Crippen LogP contribution in [0.1, 0.15) is 17.2 Å². The van der Waals surface area contributed by atoms with E-state index < -0.39 is 0 Å². The zero-order valence-corrected chi connectivity index (χ0v) is 12.9. The lowest BCUT2D eigenvalue weighted by atomic mass is 10.1. The lowest BCUT2D eigenvalue weighted by Gasteiger charge is -2.17. The molecule has 0 spiro atoms. The molecule has 0 saturated carbocycles. The first kappa shape index (κ1) is 15.0. The average molecular weight is 336 g/mol. The molecule has 0 amide bonds. The van der Waals surface area contributed by atoms with E-state index in [1.165, 1.54) is 0 Å². The van der Waals surface area contributed by atoms with Crippen LogP contribution < -0.4 is 10.1 Å². The minimum absolute atomic E-state index is 0.0611. The van der Waals surface area contributed by atoms with Gasteiger partial charge in [-0.15, -0.1) is 0 Å². The maximum absolute atomic E-state index is 9.53. The van der Waals surface area contributed by atoms with E-state index in [0.29, 0.717) is 6.54 Å². The lowest BCUT2D eigenvalue weighted by Crippen LogP contribution is -2.24. The zero-order chi connectivity index (χ0) is 14.4. The largest absolute Gasteiger partial charge is 0.497 e. The van der Waals surface area contributed by atoms with Crippen molar-refractivity contribution in [2.75, 3.05) is 13.7 Å². The fourth-order valence-corrected chi connectivity index (χ4v) is 2.41. The van der Waals surface area contributed by atoms with Crippen molar-refractivity contribution in [3.63, 3.8) is 0 Å². The molecule has 0 heterocycles. The summed E-state index contributed by atoms with van der Waals surface area (Å²) in [5.41, 5.74) is 2.17. The maximum Gasteiger partial charge on any atom is 0.119 e. The summed E-state index contributed by atoms with van der Waals surface area (Å²) < 4.78 is 6.25. The van der Waals surface area contributed by atoms with E-state index in [0.717, 1.165) is 21.3 Å². The van der Waals surface area contributed by atoms with Gasteiger partial charge in [0.15, 0.2) is 0 Å². The fraction of sp³-hybridized carbons (Fsp3) is 0.250. The summed E-state index contributed by atoms with van der Waals surface area (Å²) in [5, 5.41) is 12.9. The van der Waals surface area contributed by atoms with Gasteiger partial charge in [0.1, 0.15) is 5.75 Å². The Bertz CT molecular complexity index is 545. The summed E-state index contributed by atoms with van der Waals surface area (Å²) in [4.78, 5) is 0. The van der Waals surface area contributed by atoms with Crippen molar-refractivity contribution in [1.82, 2.24) is 5.32 Å². The Morgan fingerprint density at radius 2 is 1.95 bits per heavy atom. The number of hydrogen-bond donors (Lipinski definition) is 2. The minimum atomic E-state index is -0.0747. The molecule has 0 fully saturated rings. The number of aliphatic hydroxyl groups excluding tert-OH is 1. The predicted octanol–water partition coefficient (Wildman–Crippen LogP) is 3.28. The van der Waals surface area contributed by atoms with E-state index in [-0.39, 0.29) is 12.6 Å². The molecule has 2 aromatic carbocycles. The summed E-state index contributed by atoms with van der Waals surface area (Å²) in [6, 6.07) is 15.7. The highest BCUT2D eigenvalue weighted by molar-refractivity contribution is 9.10. The maximum atomic E-state index is 9.53. The van der Waals surface area contributed by atoms with Gasteiger partial charge in [0.05, 0.1) is 19.8 Å². The standard InChI is InChI=1S/C16H18BrNO2/c1-20-14-7-8-15(17)13(9-14)10-18-16(11-19)12-5-3-2-4-6-12/h2-9,16,18-19H,10-11H2,1H3/t16-/m1/s1. The highest BCUT2D eigenvalue weighted by Gasteiger charge is 2.10. The molecule has 3 nitrogen and oxygen atoms in total. The van der Waals surface area contributed by atoms with Crippen LogP contribution in [0.5, 0.6) is 5.75 Å². The number of benzene rings is 2. The topological polar surface area (TPSA) is 41.5 Å². The van der Waals surface area contributed by atoms with E-state index in [1.807, 2.05) is 48.5 Å². The first-order valence-corrected chi connectivity index (χ1v) is 7.25. The number of aliphatic hydroxyl groups is 1. The molecule has 4 heteroatoms. The number of ether oxygens (including phenoxy) is 1. The van der Waals surface area contributed by atoms with E-state index in [1.54, 1.807) is 7.11 Å². The quantitative estimate of drug-likeness (QED) is 0.851. The van der Waals surface area contributed by atoms with Gasteiger partial charge in [0.25, 0.3) is 0 Å². The van der Waals surface area contributed by atoms with Crippen LogP contribution >= 0.6 is 15.9 Å². The highest BCUT2D eigenvalue weighted by atomic mass is 79.9. The Kier molecular flexibility index (Phi) is 5.59. The van der Waals surface area contributed by atoms with Crippen LogP contribution in [-0.4, -0.2) is 18.8 Å². The zero-order valence-electron chi connectivity index (χ0n) is 11.3. The van der Waals surface area contributed by atoms with Gasteiger partial charge in [-0.05, 0) is 29.3 Å². The summed E-state index contributed by atoms with van der Waals surface area (Å²) in [6.45, 7) is 0.712. The summed E-state index contributed by atoms with van der Waals surface area (Å²) in [6.07, 6.45) is 0. The Balaban J connectivity index is 2.07. The van der Waals surface area contributed by atoms with Crippen molar-refractivity contribution in [2.45, 2.75) is 12.6 Å². The van der Waals surface area contributed by atoms with Gasteiger partial charge in [-0.3, -0.25) is 0 Å². The van der Waals surface area contributed by atoms with Crippen molar-refractivity contribution in [2.24, 2.45) is 0 Å². The predicted molar refractivity (Wildman–Crippen MR) is 83.8 cm³/mol. The fourth-order valence-electron chi connectivity index (χ4n) is 2.02. The number of methoxy groups -OCH3 is 1. The SMILES string of the molecule is COc1ccc(Br)c(CN[C@H](CO)c2ccccc2)c1. The van der Waals surface area contributed by atoms with Crippen LogP contribution in [0.25, 0.3) is 0 Å². The van der Waals surface area contributed by atoms with Crippen LogP contribution in [0, 0.1) is 0 Å². The second-order valence-electron chi connectivity index (χ2n) is 4.48. The second-order valence-corrected chi connectivity index (χ2v) is 5.34. The third kappa shape index (κ3) is 3.82. The van der Waals surface area contributed by atoms with Crippen LogP contribution in [0.4, 0.5) is 0 Å². The molecule has 0 unspecified atom stereocenters. The molecular weight excluding hydrogens is 318 g/mol. The molecule has 106 valence electrons. The van der Waals surface area contributed by atoms with Gasteiger partial charge in [0.2, 0.25) is 0 Å². The summed E-state index contributed by atoms with van der Waals surface area (Å²) >= 11 is 3.53. The van der Waals surface area contributed by atoms with Gasteiger partial charge in [-0.25, -0.2) is 0 Å². The van der Waals surface area contributed by atoms with E-state index in [2.05, 4.69) is 21.2 Å². The number of halogens is 1. The molecule has 0 aliphatic carbocycles. The van der Waals surface area contributed by atoms with Crippen molar-refractivity contribution in [1.29, 1.82) is 0 Å². The Morgan fingerprint density at radius 3 is 2.60 bits per heavy atom. The van der Waals surface area contributed by atoms with E-state index >= 15 is 0 Å². The smallest absolute Gasteiger partial charge is 0.119 e. The van der Waals surface area contributed by atoms with Gasteiger partial charge in [-0.2, -0.15) is 0 Å². The normalized spacial score (nSPS) is 12.2. The summed E-state index contributed by atoms with van der Waals surface area (Å²) in [5.74, 6) is 0.824. The molecule has 2 aromatic rings. The van der Waals surface area contributed by atoms with Gasteiger partial charge in [0, 0.05) is 11.0 Å². The van der Waals surface area contributed by atoms with Crippen LogP contribution in [0.2, 0.25) is 0 Å². The van der Waals surface area contributed by atoms with Crippen molar-refractivity contribution in [3.8, 4) is 5.75 Å². The van der Waals surface area contributed by atoms with Crippen LogP contribution in [-0.2, 0) is 6.54 Å². The molecule has 2 rings (SSSR count). The Morgan fingerprint density at radius 1 is 1.20 bits per heavy atom. The van der Waals surface area contributed by atoms with Gasteiger partial charge >= 0.3 is 0 Å². The molecule has 0 aliphatic heterocycles. The monoisotopic (exact) mass is 335 g/mol. The number of rotatable bonds is 6. The third-order valence-electron chi connectivity index (χ3n) is 3.18. The molecule has 0 radical (unpaired) electrons. The third-order valence-corrected chi connectivity index (χ3v) is 3.95. The molecule has 1 atom stereocenters. The van der Waals surface area contributed by atoms with Crippen LogP contribution in [0.3, 0.4) is 0 Å².